The first-order valence-corrected chi connectivity index (χ1v) is 9.39. The molecule has 2 aromatic heterocycles. The Kier molecular flexibility index (Phi) is 5.07. The van der Waals surface area contributed by atoms with Crippen molar-refractivity contribution in [3.05, 3.63) is 65.7 Å². The van der Waals surface area contributed by atoms with Gasteiger partial charge in [-0.05, 0) is 51.1 Å². The molecule has 0 spiro atoms. The molecule has 140 valence electrons. The van der Waals surface area contributed by atoms with E-state index in [4.69, 9.17) is 4.42 Å². The SMILES string of the molecule is Cc1ccc(-c2cc(C(=O)NCC(c3ccco3)N3CCCC3)[nH]n2)cc1. The number of rotatable bonds is 6. The maximum atomic E-state index is 12.6. The zero-order valence-electron chi connectivity index (χ0n) is 15.4. The summed E-state index contributed by atoms with van der Waals surface area (Å²) in [6, 6.07) is 13.8. The van der Waals surface area contributed by atoms with Crippen molar-refractivity contribution in [3.8, 4) is 11.3 Å². The number of carbonyl (C=O) groups is 1. The summed E-state index contributed by atoms with van der Waals surface area (Å²) < 4.78 is 5.60. The molecule has 6 heteroatoms. The summed E-state index contributed by atoms with van der Waals surface area (Å²) >= 11 is 0. The molecule has 1 atom stereocenters. The Morgan fingerprint density at radius 1 is 1.26 bits per heavy atom. The van der Waals surface area contributed by atoms with Gasteiger partial charge in [0.1, 0.15) is 11.5 Å². The Balaban J connectivity index is 1.43. The minimum absolute atomic E-state index is 0.0611. The second-order valence-corrected chi connectivity index (χ2v) is 7.02. The predicted octanol–water partition coefficient (Wildman–Crippen LogP) is 3.55. The number of amides is 1. The maximum absolute atomic E-state index is 12.6. The largest absolute Gasteiger partial charge is 0.468 e. The van der Waals surface area contributed by atoms with E-state index in [0.717, 1.165) is 30.1 Å². The Morgan fingerprint density at radius 3 is 2.74 bits per heavy atom. The van der Waals surface area contributed by atoms with E-state index >= 15 is 0 Å². The standard InChI is InChI=1S/C21H24N4O2/c1-15-6-8-16(9-7-15)17-13-18(24-23-17)21(26)22-14-19(20-5-4-12-27-20)25-10-2-3-11-25/h4-9,12-13,19H,2-3,10-11,14H2,1H3,(H,22,26)(H,23,24). The smallest absolute Gasteiger partial charge is 0.269 e. The van der Waals surface area contributed by atoms with Gasteiger partial charge in [-0.15, -0.1) is 0 Å². The summed E-state index contributed by atoms with van der Waals surface area (Å²) in [6.45, 7) is 4.61. The zero-order chi connectivity index (χ0) is 18.6. The van der Waals surface area contributed by atoms with E-state index < -0.39 is 0 Å². The highest BCUT2D eigenvalue weighted by Gasteiger charge is 2.26. The van der Waals surface area contributed by atoms with Crippen LogP contribution in [0.2, 0.25) is 0 Å². The minimum Gasteiger partial charge on any atom is -0.468 e. The van der Waals surface area contributed by atoms with Crippen molar-refractivity contribution in [2.75, 3.05) is 19.6 Å². The third-order valence-electron chi connectivity index (χ3n) is 5.08. The molecule has 0 aliphatic carbocycles. The van der Waals surface area contributed by atoms with E-state index in [0.29, 0.717) is 12.2 Å². The van der Waals surface area contributed by atoms with Gasteiger partial charge in [-0.25, -0.2) is 0 Å². The average molecular weight is 364 g/mol. The van der Waals surface area contributed by atoms with Crippen LogP contribution in [-0.2, 0) is 0 Å². The topological polar surface area (TPSA) is 74.2 Å². The molecule has 1 unspecified atom stereocenters. The van der Waals surface area contributed by atoms with E-state index in [1.807, 2.05) is 43.3 Å². The number of H-pyrrole nitrogens is 1. The van der Waals surface area contributed by atoms with Crippen molar-refractivity contribution >= 4 is 5.91 Å². The van der Waals surface area contributed by atoms with Gasteiger partial charge in [0.25, 0.3) is 5.91 Å². The number of carbonyl (C=O) groups excluding carboxylic acids is 1. The first-order chi connectivity index (χ1) is 13.2. The van der Waals surface area contributed by atoms with Crippen LogP contribution in [-0.4, -0.2) is 40.6 Å². The lowest BCUT2D eigenvalue weighted by atomic mass is 10.1. The summed E-state index contributed by atoms with van der Waals surface area (Å²) in [5, 5.41) is 10.2. The number of nitrogens with zero attached hydrogens (tertiary/aromatic N) is 2. The molecule has 0 saturated carbocycles. The van der Waals surface area contributed by atoms with Crippen LogP contribution >= 0.6 is 0 Å². The second kappa shape index (κ2) is 7.80. The molecule has 3 aromatic rings. The fourth-order valence-corrected chi connectivity index (χ4v) is 3.54. The maximum Gasteiger partial charge on any atom is 0.269 e. The molecule has 1 aliphatic rings. The molecule has 0 bridgehead atoms. The van der Waals surface area contributed by atoms with Gasteiger partial charge in [0, 0.05) is 12.1 Å². The quantitative estimate of drug-likeness (QED) is 0.701. The van der Waals surface area contributed by atoms with Gasteiger partial charge < -0.3 is 9.73 Å². The Labute approximate surface area is 158 Å². The highest BCUT2D eigenvalue weighted by molar-refractivity contribution is 5.93. The van der Waals surface area contributed by atoms with Crippen LogP contribution < -0.4 is 5.32 Å². The number of aryl methyl sites for hydroxylation is 1. The Morgan fingerprint density at radius 2 is 2.04 bits per heavy atom. The van der Waals surface area contributed by atoms with Crippen molar-refractivity contribution in [3.63, 3.8) is 0 Å². The van der Waals surface area contributed by atoms with Crippen LogP contribution in [0.25, 0.3) is 11.3 Å². The summed E-state index contributed by atoms with van der Waals surface area (Å²) in [5.41, 5.74) is 3.41. The molecule has 4 rings (SSSR count). The van der Waals surface area contributed by atoms with E-state index in [2.05, 4.69) is 20.4 Å². The summed E-state index contributed by atoms with van der Waals surface area (Å²) in [4.78, 5) is 15.0. The molecule has 1 amide bonds. The lowest BCUT2D eigenvalue weighted by molar-refractivity contribution is 0.0928. The van der Waals surface area contributed by atoms with Gasteiger partial charge in [0.15, 0.2) is 0 Å². The summed E-state index contributed by atoms with van der Waals surface area (Å²) in [5.74, 6) is 0.735. The fraction of sp³-hybridized carbons (Fsp3) is 0.333. The van der Waals surface area contributed by atoms with E-state index in [9.17, 15) is 4.79 Å². The first-order valence-electron chi connectivity index (χ1n) is 9.39. The van der Waals surface area contributed by atoms with Gasteiger partial charge in [-0.2, -0.15) is 5.10 Å². The Hall–Kier alpha value is -2.86. The molecule has 27 heavy (non-hydrogen) atoms. The second-order valence-electron chi connectivity index (χ2n) is 7.02. The van der Waals surface area contributed by atoms with Gasteiger partial charge in [-0.1, -0.05) is 29.8 Å². The number of benzene rings is 1. The molecule has 2 N–H and O–H groups in total. The van der Waals surface area contributed by atoms with Gasteiger partial charge in [0.2, 0.25) is 0 Å². The van der Waals surface area contributed by atoms with Crippen LogP contribution in [0, 0.1) is 6.92 Å². The first kappa shape index (κ1) is 17.5. The number of hydrogen-bond donors (Lipinski definition) is 2. The van der Waals surface area contributed by atoms with Crippen LogP contribution in [0.4, 0.5) is 0 Å². The summed E-state index contributed by atoms with van der Waals surface area (Å²) in [6.07, 6.45) is 4.06. The molecule has 1 aromatic carbocycles. The van der Waals surface area contributed by atoms with Crippen molar-refractivity contribution in [2.45, 2.75) is 25.8 Å². The van der Waals surface area contributed by atoms with Gasteiger partial charge >= 0.3 is 0 Å². The lowest BCUT2D eigenvalue weighted by Gasteiger charge is -2.25. The van der Waals surface area contributed by atoms with Crippen LogP contribution in [0.3, 0.4) is 0 Å². The van der Waals surface area contributed by atoms with Crippen molar-refractivity contribution < 1.29 is 9.21 Å². The normalized spacial score (nSPS) is 15.7. The van der Waals surface area contributed by atoms with Crippen LogP contribution in [0.1, 0.15) is 40.7 Å². The fourth-order valence-electron chi connectivity index (χ4n) is 3.54. The van der Waals surface area contributed by atoms with Crippen molar-refractivity contribution in [1.29, 1.82) is 0 Å². The number of likely N-dealkylation sites (tertiary alicyclic amines) is 1. The van der Waals surface area contributed by atoms with Gasteiger partial charge in [0.05, 0.1) is 18.0 Å². The molecule has 1 saturated heterocycles. The third-order valence-corrected chi connectivity index (χ3v) is 5.08. The van der Waals surface area contributed by atoms with Crippen LogP contribution in [0.5, 0.6) is 0 Å². The van der Waals surface area contributed by atoms with E-state index in [1.165, 1.54) is 18.4 Å². The lowest BCUT2D eigenvalue weighted by Crippen LogP contribution is -2.36. The monoisotopic (exact) mass is 364 g/mol. The van der Waals surface area contributed by atoms with Crippen molar-refractivity contribution in [2.24, 2.45) is 0 Å². The minimum atomic E-state index is -0.156. The van der Waals surface area contributed by atoms with E-state index in [-0.39, 0.29) is 11.9 Å². The number of nitrogens with one attached hydrogen (secondary N) is 2. The van der Waals surface area contributed by atoms with Crippen molar-refractivity contribution in [1.82, 2.24) is 20.4 Å². The molecule has 6 nitrogen and oxygen atoms in total. The molecule has 3 heterocycles. The molecule has 0 radical (unpaired) electrons. The molecule has 1 aliphatic heterocycles. The van der Waals surface area contributed by atoms with Crippen LogP contribution in [0.15, 0.2) is 53.1 Å². The number of aromatic amines is 1. The number of hydrogen-bond acceptors (Lipinski definition) is 4. The predicted molar refractivity (Wildman–Crippen MR) is 103 cm³/mol. The highest BCUT2D eigenvalue weighted by Crippen LogP contribution is 2.25. The number of aromatic nitrogens is 2. The summed E-state index contributed by atoms with van der Waals surface area (Å²) in [7, 11) is 0. The highest BCUT2D eigenvalue weighted by atomic mass is 16.3. The molecular formula is C21H24N4O2. The molecular weight excluding hydrogens is 340 g/mol. The Bertz CT molecular complexity index is 877. The average Bonchev–Trinajstić information content (AvgIpc) is 3.44. The van der Waals surface area contributed by atoms with Gasteiger partial charge in [-0.3, -0.25) is 14.8 Å². The third kappa shape index (κ3) is 3.95. The zero-order valence-corrected chi connectivity index (χ0v) is 15.4. The number of furan rings is 1. The van der Waals surface area contributed by atoms with E-state index in [1.54, 1.807) is 12.3 Å². The molecule has 1 fully saturated rings.